The maximum Gasteiger partial charge on any atom is 0.328 e. The summed E-state index contributed by atoms with van der Waals surface area (Å²) in [6.07, 6.45) is 3.29. The van der Waals surface area contributed by atoms with Gasteiger partial charge in [0.25, 0.3) is 16.0 Å². The molecule has 0 aliphatic rings. The molecule has 0 aliphatic heterocycles. The SMILES string of the molecule is CS(=O)(=O)O.N=C(N)c1ccc(NC(=O)c2ccccc2-c2ccccc2/C=C/C(=O)O)cc1. The number of nitrogens with two attached hydrogens (primary N) is 1. The number of carboxylic acids is 1. The van der Waals surface area contributed by atoms with E-state index >= 15 is 0 Å². The molecule has 176 valence electrons. The molecule has 6 N–H and O–H groups in total. The Morgan fingerprint density at radius 3 is 2.03 bits per heavy atom. The van der Waals surface area contributed by atoms with Crippen molar-refractivity contribution in [2.75, 3.05) is 11.6 Å². The number of benzene rings is 3. The molecule has 0 atom stereocenters. The molecule has 0 fully saturated rings. The standard InChI is InChI=1S/C23H19N3O3.CH4O3S/c24-22(25)16-9-12-17(13-10-16)26-23(29)20-8-4-3-7-19(20)18-6-2-1-5-15(18)11-14-21(27)28;1-5(2,3)4/h1-14H,(H3,24,25)(H,26,29)(H,27,28);1H3,(H,2,3,4)/b14-11+;. The highest BCUT2D eigenvalue weighted by atomic mass is 32.2. The van der Waals surface area contributed by atoms with Crippen LogP contribution in [0.1, 0.15) is 21.5 Å². The Kier molecular flexibility index (Phi) is 8.82. The van der Waals surface area contributed by atoms with Crippen LogP contribution >= 0.6 is 0 Å². The predicted molar refractivity (Wildman–Crippen MR) is 131 cm³/mol. The molecule has 0 radical (unpaired) electrons. The fourth-order valence-electron chi connectivity index (χ4n) is 2.90. The molecule has 3 aromatic carbocycles. The van der Waals surface area contributed by atoms with Gasteiger partial charge in [0.15, 0.2) is 0 Å². The quantitative estimate of drug-likeness (QED) is 0.155. The van der Waals surface area contributed by atoms with Crippen LogP contribution in [0.5, 0.6) is 0 Å². The summed E-state index contributed by atoms with van der Waals surface area (Å²) < 4.78 is 25.9. The summed E-state index contributed by atoms with van der Waals surface area (Å²) in [5, 5.41) is 19.2. The van der Waals surface area contributed by atoms with Crippen LogP contribution in [0.3, 0.4) is 0 Å². The first-order valence-electron chi connectivity index (χ1n) is 9.73. The number of rotatable bonds is 6. The Morgan fingerprint density at radius 1 is 0.941 bits per heavy atom. The van der Waals surface area contributed by atoms with Crippen LogP contribution in [0.25, 0.3) is 17.2 Å². The molecule has 0 aliphatic carbocycles. The van der Waals surface area contributed by atoms with Gasteiger partial charge in [-0.1, -0.05) is 42.5 Å². The minimum absolute atomic E-state index is 0.0424. The van der Waals surface area contributed by atoms with Gasteiger partial charge in [0, 0.05) is 22.9 Å². The van der Waals surface area contributed by atoms with Crippen molar-refractivity contribution in [1.82, 2.24) is 0 Å². The van der Waals surface area contributed by atoms with Crippen molar-refractivity contribution < 1.29 is 27.7 Å². The van der Waals surface area contributed by atoms with Gasteiger partial charge < -0.3 is 16.2 Å². The lowest BCUT2D eigenvalue weighted by molar-refractivity contribution is -0.131. The van der Waals surface area contributed by atoms with Gasteiger partial charge in [0.2, 0.25) is 0 Å². The van der Waals surface area contributed by atoms with Gasteiger partial charge >= 0.3 is 5.97 Å². The minimum atomic E-state index is -3.67. The summed E-state index contributed by atoms with van der Waals surface area (Å²) in [5.41, 5.74) is 9.20. The van der Waals surface area contributed by atoms with Crippen LogP contribution in [-0.2, 0) is 14.9 Å². The molecule has 1 amide bonds. The van der Waals surface area contributed by atoms with Crippen molar-refractivity contribution in [2.24, 2.45) is 5.73 Å². The first-order valence-corrected chi connectivity index (χ1v) is 11.6. The van der Waals surface area contributed by atoms with Gasteiger partial charge in [0.05, 0.1) is 6.26 Å². The topological polar surface area (TPSA) is 171 Å². The second kappa shape index (κ2) is 11.5. The number of anilines is 1. The van der Waals surface area contributed by atoms with Crippen LogP contribution < -0.4 is 11.1 Å². The first kappa shape index (κ1) is 26.0. The minimum Gasteiger partial charge on any atom is -0.478 e. The van der Waals surface area contributed by atoms with E-state index in [2.05, 4.69) is 5.32 Å². The molecule has 9 nitrogen and oxygen atoms in total. The number of nitrogens with one attached hydrogen (secondary N) is 2. The number of carbonyl (C=O) groups is 2. The zero-order valence-electron chi connectivity index (χ0n) is 18.1. The van der Waals surface area contributed by atoms with E-state index in [1.807, 2.05) is 30.3 Å². The number of amidine groups is 1. The third-order valence-electron chi connectivity index (χ3n) is 4.28. The third-order valence-corrected chi connectivity index (χ3v) is 4.28. The monoisotopic (exact) mass is 481 g/mol. The molecule has 34 heavy (non-hydrogen) atoms. The van der Waals surface area contributed by atoms with E-state index in [9.17, 15) is 18.0 Å². The lowest BCUT2D eigenvalue weighted by Crippen LogP contribution is -2.14. The molecule has 0 saturated carbocycles. The summed E-state index contributed by atoms with van der Waals surface area (Å²) in [7, 11) is -3.67. The van der Waals surface area contributed by atoms with Crippen LogP contribution in [0.15, 0.2) is 78.9 Å². The van der Waals surface area contributed by atoms with Crippen molar-refractivity contribution >= 4 is 39.6 Å². The van der Waals surface area contributed by atoms with E-state index in [-0.39, 0.29) is 11.7 Å². The fourth-order valence-corrected chi connectivity index (χ4v) is 2.90. The zero-order chi connectivity index (χ0) is 25.3. The number of nitrogen functional groups attached to an aromatic ring is 1. The Hall–Kier alpha value is -4.28. The van der Waals surface area contributed by atoms with Crippen molar-refractivity contribution in [2.45, 2.75) is 0 Å². The normalized spacial score (nSPS) is 10.8. The second-order valence-electron chi connectivity index (χ2n) is 6.98. The molecular formula is C24H23N3O6S. The maximum atomic E-state index is 12.9. The van der Waals surface area contributed by atoms with Crippen molar-refractivity contribution in [1.29, 1.82) is 5.41 Å². The first-order chi connectivity index (χ1) is 16.0. The molecule has 0 bridgehead atoms. The Bertz CT molecular complexity index is 1320. The van der Waals surface area contributed by atoms with Crippen LogP contribution in [-0.4, -0.2) is 42.0 Å². The average Bonchev–Trinajstić information content (AvgIpc) is 2.77. The van der Waals surface area contributed by atoms with Gasteiger partial charge in [0.1, 0.15) is 5.84 Å². The van der Waals surface area contributed by atoms with Crippen molar-refractivity contribution in [3.63, 3.8) is 0 Å². The van der Waals surface area contributed by atoms with Crippen LogP contribution in [0.2, 0.25) is 0 Å². The molecule has 3 rings (SSSR count). The van der Waals surface area contributed by atoms with Crippen molar-refractivity contribution in [3.8, 4) is 11.1 Å². The van der Waals surface area contributed by atoms with E-state index in [0.29, 0.717) is 34.2 Å². The summed E-state index contributed by atoms with van der Waals surface area (Å²) in [6, 6.07) is 21.1. The predicted octanol–water partition coefficient (Wildman–Crippen LogP) is 3.49. The van der Waals surface area contributed by atoms with E-state index in [0.717, 1.165) is 11.6 Å². The molecule has 0 unspecified atom stereocenters. The fraction of sp³-hybridized carbons (Fsp3) is 0.0417. The Labute approximate surface area is 196 Å². The highest BCUT2D eigenvalue weighted by Crippen LogP contribution is 2.28. The van der Waals surface area contributed by atoms with E-state index in [4.69, 9.17) is 20.8 Å². The van der Waals surface area contributed by atoms with E-state index < -0.39 is 16.1 Å². The number of hydrogen-bond donors (Lipinski definition) is 5. The molecule has 0 spiro atoms. The van der Waals surface area contributed by atoms with Crippen LogP contribution in [0.4, 0.5) is 5.69 Å². The molecule has 10 heteroatoms. The smallest absolute Gasteiger partial charge is 0.328 e. The maximum absolute atomic E-state index is 12.9. The van der Waals surface area contributed by atoms with E-state index in [1.54, 1.807) is 42.5 Å². The molecular weight excluding hydrogens is 458 g/mol. The van der Waals surface area contributed by atoms with Gasteiger partial charge in [-0.3, -0.25) is 14.8 Å². The number of hydrogen-bond acceptors (Lipinski definition) is 5. The summed E-state index contributed by atoms with van der Waals surface area (Å²) in [4.78, 5) is 23.8. The van der Waals surface area contributed by atoms with Gasteiger partial charge in [-0.05, 0) is 53.1 Å². The lowest BCUT2D eigenvalue weighted by Gasteiger charge is -2.13. The highest BCUT2D eigenvalue weighted by molar-refractivity contribution is 7.85. The zero-order valence-corrected chi connectivity index (χ0v) is 18.9. The number of amides is 1. The van der Waals surface area contributed by atoms with E-state index in [1.165, 1.54) is 6.08 Å². The van der Waals surface area contributed by atoms with Gasteiger partial charge in [-0.2, -0.15) is 8.42 Å². The van der Waals surface area contributed by atoms with Gasteiger partial charge in [-0.25, -0.2) is 4.79 Å². The molecule has 0 saturated heterocycles. The summed E-state index contributed by atoms with van der Waals surface area (Å²) in [5.74, 6) is -1.38. The summed E-state index contributed by atoms with van der Waals surface area (Å²) in [6.45, 7) is 0. The van der Waals surface area contributed by atoms with Gasteiger partial charge in [-0.15, -0.1) is 0 Å². The molecule has 3 aromatic rings. The third kappa shape index (κ3) is 8.34. The molecule has 0 aromatic heterocycles. The number of carbonyl (C=O) groups excluding carboxylic acids is 1. The average molecular weight is 482 g/mol. The Morgan fingerprint density at radius 2 is 1.47 bits per heavy atom. The number of aliphatic carboxylic acids is 1. The van der Waals surface area contributed by atoms with Crippen molar-refractivity contribution in [3.05, 3.63) is 95.6 Å². The highest BCUT2D eigenvalue weighted by Gasteiger charge is 2.14. The van der Waals surface area contributed by atoms with Crippen LogP contribution in [0, 0.1) is 5.41 Å². The number of carboxylic acid groups (broad SMARTS) is 1. The molecule has 0 heterocycles. The lowest BCUT2D eigenvalue weighted by atomic mass is 9.94. The Balaban J connectivity index is 0.000000739. The summed E-state index contributed by atoms with van der Waals surface area (Å²) >= 11 is 0. The second-order valence-corrected chi connectivity index (χ2v) is 8.45. The largest absolute Gasteiger partial charge is 0.478 e.